The maximum Gasteiger partial charge on any atom is 0.276 e. The van der Waals surface area contributed by atoms with Crippen molar-refractivity contribution in [2.75, 3.05) is 0 Å². The van der Waals surface area contributed by atoms with Crippen LogP contribution in [0.4, 0.5) is 4.39 Å². The van der Waals surface area contributed by atoms with Crippen LogP contribution < -0.4 is 5.73 Å². The first-order valence-electron chi connectivity index (χ1n) is 6.51. The highest BCUT2D eigenvalue weighted by molar-refractivity contribution is 7.98. The minimum absolute atomic E-state index is 0. The molecule has 2 N–H and O–H groups in total. The van der Waals surface area contributed by atoms with Crippen LogP contribution in [-0.4, -0.2) is 10.2 Å². The zero-order valence-corrected chi connectivity index (χ0v) is 13.6. The number of hydrogen-bond donors (Lipinski definition) is 1. The molecule has 2 rings (SSSR count). The van der Waals surface area contributed by atoms with Crippen molar-refractivity contribution in [2.45, 2.75) is 37.3 Å². The molecule has 1 unspecified atom stereocenters. The zero-order valence-electron chi connectivity index (χ0n) is 12.0. The molecule has 2 aromatic rings. The summed E-state index contributed by atoms with van der Waals surface area (Å²) in [7, 11) is 0. The van der Waals surface area contributed by atoms with Gasteiger partial charge in [0.2, 0.25) is 5.89 Å². The molecule has 0 saturated heterocycles. The Morgan fingerprint density at radius 3 is 2.52 bits per heavy atom. The molecule has 0 amide bonds. The molecule has 21 heavy (non-hydrogen) atoms. The molecule has 1 aromatic heterocycles. The van der Waals surface area contributed by atoms with E-state index in [0.717, 1.165) is 12.0 Å². The molecule has 1 aromatic carbocycles. The standard InChI is InChI=1S/C14H18FN3OS.ClH/c1-9(2)7-12(16)13-17-18-14(19-13)20-8-10-3-5-11(15)6-4-10;/h3-6,9,12H,7-8,16H2,1-2H3;1H. The first kappa shape index (κ1) is 17.9. The van der Waals surface area contributed by atoms with Gasteiger partial charge in [0.1, 0.15) is 5.82 Å². The first-order chi connectivity index (χ1) is 9.54. The zero-order chi connectivity index (χ0) is 14.5. The summed E-state index contributed by atoms with van der Waals surface area (Å²) in [6.07, 6.45) is 0.810. The van der Waals surface area contributed by atoms with Crippen molar-refractivity contribution in [1.29, 1.82) is 0 Å². The number of halogens is 2. The Morgan fingerprint density at radius 1 is 1.24 bits per heavy atom. The average Bonchev–Trinajstić information content (AvgIpc) is 2.86. The van der Waals surface area contributed by atoms with Crippen LogP contribution >= 0.6 is 24.2 Å². The van der Waals surface area contributed by atoms with E-state index in [4.69, 9.17) is 10.2 Å². The Hall–Kier alpha value is -1.11. The topological polar surface area (TPSA) is 64.9 Å². The fraction of sp³-hybridized carbons (Fsp3) is 0.429. The van der Waals surface area contributed by atoms with Crippen LogP contribution in [0.25, 0.3) is 0 Å². The summed E-state index contributed by atoms with van der Waals surface area (Å²) in [5.74, 6) is 1.37. The Balaban J connectivity index is 0.00000220. The quantitative estimate of drug-likeness (QED) is 0.811. The molecule has 1 atom stereocenters. The van der Waals surface area contributed by atoms with Crippen molar-refractivity contribution >= 4 is 24.2 Å². The summed E-state index contributed by atoms with van der Waals surface area (Å²) >= 11 is 1.42. The second kappa shape index (κ2) is 8.36. The van der Waals surface area contributed by atoms with E-state index in [-0.39, 0.29) is 24.3 Å². The van der Waals surface area contributed by atoms with Crippen LogP contribution in [-0.2, 0) is 5.75 Å². The smallest absolute Gasteiger partial charge is 0.276 e. The van der Waals surface area contributed by atoms with E-state index >= 15 is 0 Å². The highest BCUT2D eigenvalue weighted by atomic mass is 35.5. The monoisotopic (exact) mass is 331 g/mol. The highest BCUT2D eigenvalue weighted by Crippen LogP contribution is 2.24. The van der Waals surface area contributed by atoms with Crippen molar-refractivity contribution in [2.24, 2.45) is 11.7 Å². The van der Waals surface area contributed by atoms with Gasteiger partial charge in [-0.3, -0.25) is 0 Å². The summed E-state index contributed by atoms with van der Waals surface area (Å²) in [6, 6.07) is 6.14. The summed E-state index contributed by atoms with van der Waals surface area (Å²) in [5.41, 5.74) is 6.99. The number of nitrogens with zero attached hydrogens (tertiary/aromatic N) is 2. The molecule has 0 radical (unpaired) electrons. The van der Waals surface area contributed by atoms with E-state index < -0.39 is 0 Å². The number of nitrogens with two attached hydrogens (primary N) is 1. The fourth-order valence-electron chi connectivity index (χ4n) is 1.76. The van der Waals surface area contributed by atoms with E-state index in [1.807, 2.05) is 0 Å². The Kier molecular flexibility index (Phi) is 7.14. The first-order valence-corrected chi connectivity index (χ1v) is 7.49. The third-order valence-corrected chi connectivity index (χ3v) is 3.63. The normalized spacial score (nSPS) is 12.2. The second-order valence-electron chi connectivity index (χ2n) is 5.06. The lowest BCUT2D eigenvalue weighted by Crippen LogP contribution is -2.13. The number of aromatic nitrogens is 2. The number of benzene rings is 1. The van der Waals surface area contributed by atoms with Gasteiger partial charge in [0.25, 0.3) is 5.22 Å². The van der Waals surface area contributed by atoms with Crippen molar-refractivity contribution in [3.05, 3.63) is 41.5 Å². The fourth-order valence-corrected chi connectivity index (χ4v) is 2.49. The molecule has 1 heterocycles. The van der Waals surface area contributed by atoms with Crippen LogP contribution in [0.2, 0.25) is 0 Å². The van der Waals surface area contributed by atoms with Crippen molar-refractivity contribution in [3.63, 3.8) is 0 Å². The Morgan fingerprint density at radius 2 is 1.90 bits per heavy atom. The van der Waals surface area contributed by atoms with Gasteiger partial charge in [-0.15, -0.1) is 22.6 Å². The van der Waals surface area contributed by atoms with Crippen LogP contribution in [0, 0.1) is 11.7 Å². The van der Waals surface area contributed by atoms with Crippen LogP contribution in [0.1, 0.15) is 37.8 Å². The molecule has 0 saturated carbocycles. The molecule has 4 nitrogen and oxygen atoms in total. The minimum atomic E-state index is -0.238. The van der Waals surface area contributed by atoms with Crippen LogP contribution in [0.5, 0.6) is 0 Å². The summed E-state index contributed by atoms with van der Waals surface area (Å²) in [6.45, 7) is 4.20. The molecular formula is C14H19ClFN3OS. The predicted octanol–water partition coefficient (Wildman–Crippen LogP) is 3.97. The molecule has 0 bridgehead atoms. The number of rotatable bonds is 6. The SMILES string of the molecule is CC(C)CC(N)c1nnc(SCc2ccc(F)cc2)o1.Cl. The van der Waals surface area contributed by atoms with E-state index in [9.17, 15) is 4.39 Å². The summed E-state index contributed by atoms with van der Waals surface area (Å²) < 4.78 is 18.3. The molecule has 7 heteroatoms. The maximum absolute atomic E-state index is 12.8. The van der Waals surface area contributed by atoms with Gasteiger partial charge in [-0.2, -0.15) is 0 Å². The van der Waals surface area contributed by atoms with Gasteiger partial charge in [0.15, 0.2) is 0 Å². The number of hydrogen-bond acceptors (Lipinski definition) is 5. The maximum atomic E-state index is 12.8. The molecule has 0 fully saturated rings. The molecular weight excluding hydrogens is 313 g/mol. The van der Waals surface area contributed by atoms with E-state index in [2.05, 4.69) is 24.0 Å². The lowest BCUT2D eigenvalue weighted by atomic mass is 10.1. The van der Waals surface area contributed by atoms with Gasteiger partial charge in [-0.05, 0) is 30.0 Å². The van der Waals surface area contributed by atoms with Gasteiger partial charge < -0.3 is 10.2 Å². The van der Waals surface area contributed by atoms with Gasteiger partial charge in [-0.1, -0.05) is 37.7 Å². The lowest BCUT2D eigenvalue weighted by molar-refractivity contribution is 0.361. The van der Waals surface area contributed by atoms with Gasteiger partial charge in [0, 0.05) is 5.75 Å². The van der Waals surface area contributed by atoms with Gasteiger partial charge in [-0.25, -0.2) is 4.39 Å². The van der Waals surface area contributed by atoms with E-state index in [1.54, 1.807) is 12.1 Å². The summed E-state index contributed by atoms with van der Waals surface area (Å²) in [4.78, 5) is 0. The molecule has 116 valence electrons. The number of thioether (sulfide) groups is 1. The van der Waals surface area contributed by atoms with E-state index in [1.165, 1.54) is 23.9 Å². The molecule has 0 aliphatic rings. The highest BCUT2D eigenvalue weighted by Gasteiger charge is 2.16. The lowest BCUT2D eigenvalue weighted by Gasteiger charge is -2.08. The molecule has 0 aliphatic carbocycles. The average molecular weight is 332 g/mol. The predicted molar refractivity (Wildman–Crippen MR) is 83.9 cm³/mol. The molecule has 0 aliphatic heterocycles. The van der Waals surface area contributed by atoms with Crippen molar-refractivity contribution in [3.8, 4) is 0 Å². The van der Waals surface area contributed by atoms with E-state index in [0.29, 0.717) is 22.8 Å². The minimum Gasteiger partial charge on any atom is -0.414 e. The Labute approximate surface area is 134 Å². The van der Waals surface area contributed by atoms with Crippen LogP contribution in [0.3, 0.4) is 0 Å². The van der Waals surface area contributed by atoms with Gasteiger partial charge in [0.05, 0.1) is 6.04 Å². The summed E-state index contributed by atoms with van der Waals surface area (Å²) in [5, 5.41) is 8.43. The third-order valence-electron chi connectivity index (χ3n) is 2.74. The molecule has 0 spiro atoms. The largest absolute Gasteiger partial charge is 0.414 e. The van der Waals surface area contributed by atoms with Crippen molar-refractivity contribution < 1.29 is 8.81 Å². The second-order valence-corrected chi connectivity index (χ2v) is 5.98. The van der Waals surface area contributed by atoms with Gasteiger partial charge >= 0.3 is 0 Å². The third kappa shape index (κ3) is 5.65. The Bertz CT molecular complexity index is 547. The van der Waals surface area contributed by atoms with Crippen LogP contribution in [0.15, 0.2) is 33.9 Å². The van der Waals surface area contributed by atoms with Crippen molar-refractivity contribution in [1.82, 2.24) is 10.2 Å².